The molecular weight excluding hydrogens is 436 g/mol. The molecule has 6 heteroatoms. The van der Waals surface area contributed by atoms with Crippen LogP contribution in [0.1, 0.15) is 29.6 Å². The first-order chi connectivity index (χ1) is 16.1. The number of anilines is 2. The van der Waals surface area contributed by atoms with E-state index < -0.39 is 0 Å². The van der Waals surface area contributed by atoms with Gasteiger partial charge in [0.05, 0.1) is 7.11 Å². The van der Waals surface area contributed by atoms with E-state index in [1.807, 2.05) is 48.5 Å². The van der Waals surface area contributed by atoms with Crippen LogP contribution < -0.4 is 14.4 Å². The molecule has 3 aromatic rings. The van der Waals surface area contributed by atoms with Crippen molar-refractivity contribution in [3.63, 3.8) is 0 Å². The van der Waals surface area contributed by atoms with Gasteiger partial charge in [-0.25, -0.2) is 0 Å². The number of ether oxygens (including phenoxy) is 2. The number of hydrogen-bond donors (Lipinski definition) is 0. The van der Waals surface area contributed by atoms with Gasteiger partial charge in [-0.05, 0) is 98.7 Å². The van der Waals surface area contributed by atoms with E-state index in [0.717, 1.165) is 42.5 Å². The fourth-order valence-corrected chi connectivity index (χ4v) is 4.13. The molecule has 172 valence electrons. The van der Waals surface area contributed by atoms with Gasteiger partial charge in [0.1, 0.15) is 18.1 Å². The van der Waals surface area contributed by atoms with E-state index in [0.29, 0.717) is 17.2 Å². The van der Waals surface area contributed by atoms with Crippen LogP contribution in [-0.2, 0) is 0 Å². The third-order valence-corrected chi connectivity index (χ3v) is 6.10. The Kier molecular flexibility index (Phi) is 7.87. The predicted octanol–water partition coefficient (Wildman–Crippen LogP) is 6.19. The number of methoxy groups -OCH3 is 1. The Bertz CT molecular complexity index is 1030. The van der Waals surface area contributed by atoms with Crippen molar-refractivity contribution in [3.8, 4) is 11.5 Å². The summed E-state index contributed by atoms with van der Waals surface area (Å²) in [5, 5.41) is 0.591. The van der Waals surface area contributed by atoms with E-state index in [2.05, 4.69) is 4.90 Å². The number of likely N-dealkylation sites (tertiary alicyclic amines) is 1. The summed E-state index contributed by atoms with van der Waals surface area (Å²) in [6, 6.07) is 22.0. The molecule has 0 saturated carbocycles. The Labute approximate surface area is 200 Å². The molecule has 0 unspecified atom stereocenters. The van der Waals surface area contributed by atoms with Crippen molar-refractivity contribution >= 4 is 28.9 Å². The van der Waals surface area contributed by atoms with Gasteiger partial charge in [0.25, 0.3) is 5.91 Å². The largest absolute Gasteiger partial charge is 0.497 e. The monoisotopic (exact) mass is 464 g/mol. The van der Waals surface area contributed by atoms with Crippen LogP contribution in [0.3, 0.4) is 0 Å². The van der Waals surface area contributed by atoms with Crippen LogP contribution in [0.4, 0.5) is 11.4 Å². The maximum Gasteiger partial charge on any atom is 0.262 e. The van der Waals surface area contributed by atoms with Crippen molar-refractivity contribution in [2.24, 2.45) is 0 Å². The Morgan fingerprint density at radius 3 is 2.00 bits per heavy atom. The van der Waals surface area contributed by atoms with Crippen LogP contribution >= 0.6 is 11.6 Å². The van der Waals surface area contributed by atoms with Crippen LogP contribution in [0.25, 0.3) is 0 Å². The Morgan fingerprint density at radius 2 is 1.42 bits per heavy atom. The Balaban J connectivity index is 1.51. The summed E-state index contributed by atoms with van der Waals surface area (Å²) in [6.45, 7) is 3.91. The standard InChI is InChI=1S/C27H29ClN2O3/c1-32-25-13-9-23(10-14-25)30(27(31)21-5-7-22(28)8-6-21)24-11-15-26(16-12-24)33-20-19-29-17-3-2-4-18-29/h5-16H,2-4,17-20H2,1H3. The van der Waals surface area contributed by atoms with E-state index in [9.17, 15) is 4.79 Å². The number of amides is 1. The van der Waals surface area contributed by atoms with E-state index in [1.54, 1.807) is 36.3 Å². The summed E-state index contributed by atoms with van der Waals surface area (Å²) < 4.78 is 11.2. The Morgan fingerprint density at radius 1 is 0.848 bits per heavy atom. The van der Waals surface area contributed by atoms with Gasteiger partial charge in [-0.1, -0.05) is 18.0 Å². The SMILES string of the molecule is COc1ccc(N(C(=O)c2ccc(Cl)cc2)c2ccc(OCCN3CCCCC3)cc2)cc1. The molecule has 3 aromatic carbocycles. The lowest BCUT2D eigenvalue weighted by molar-refractivity contribution is 0.0999. The third-order valence-electron chi connectivity index (χ3n) is 5.84. The zero-order chi connectivity index (χ0) is 23.0. The molecule has 0 aromatic heterocycles. The van der Waals surface area contributed by atoms with E-state index in [4.69, 9.17) is 21.1 Å². The fourth-order valence-electron chi connectivity index (χ4n) is 4.00. The summed E-state index contributed by atoms with van der Waals surface area (Å²) in [7, 11) is 1.62. The van der Waals surface area contributed by atoms with Gasteiger partial charge in [0.2, 0.25) is 0 Å². The van der Waals surface area contributed by atoms with Crippen LogP contribution in [0.15, 0.2) is 72.8 Å². The molecule has 5 nitrogen and oxygen atoms in total. The topological polar surface area (TPSA) is 42.0 Å². The van der Waals surface area contributed by atoms with Crippen molar-refractivity contribution in [2.75, 3.05) is 38.3 Å². The summed E-state index contributed by atoms with van der Waals surface area (Å²) in [5.41, 5.74) is 2.05. The van der Waals surface area contributed by atoms with Gasteiger partial charge < -0.3 is 9.47 Å². The fraction of sp³-hybridized carbons (Fsp3) is 0.296. The normalized spacial score (nSPS) is 14.0. The molecular formula is C27H29ClN2O3. The van der Waals surface area contributed by atoms with Crippen LogP contribution in [-0.4, -0.2) is 44.2 Å². The second-order valence-electron chi connectivity index (χ2n) is 8.09. The van der Waals surface area contributed by atoms with Crippen molar-refractivity contribution < 1.29 is 14.3 Å². The van der Waals surface area contributed by atoms with E-state index in [1.165, 1.54) is 19.3 Å². The van der Waals surface area contributed by atoms with Gasteiger partial charge >= 0.3 is 0 Å². The molecule has 33 heavy (non-hydrogen) atoms. The molecule has 4 rings (SSSR count). The number of rotatable bonds is 8. The quantitative estimate of drug-likeness (QED) is 0.398. The van der Waals surface area contributed by atoms with Gasteiger partial charge in [-0.15, -0.1) is 0 Å². The molecule has 0 atom stereocenters. The smallest absolute Gasteiger partial charge is 0.262 e. The lowest BCUT2D eigenvalue weighted by Crippen LogP contribution is -2.33. The molecule has 1 aliphatic rings. The molecule has 1 heterocycles. The highest BCUT2D eigenvalue weighted by Gasteiger charge is 2.20. The first-order valence-electron chi connectivity index (χ1n) is 11.3. The lowest BCUT2D eigenvalue weighted by atomic mass is 10.1. The molecule has 0 spiro atoms. The highest BCUT2D eigenvalue weighted by molar-refractivity contribution is 6.30. The molecule has 1 amide bonds. The second kappa shape index (κ2) is 11.2. The average Bonchev–Trinajstić information content (AvgIpc) is 2.86. The molecule has 1 aliphatic heterocycles. The molecule has 0 bridgehead atoms. The van der Waals surface area contributed by atoms with Crippen LogP contribution in [0.5, 0.6) is 11.5 Å². The summed E-state index contributed by atoms with van der Waals surface area (Å²) >= 11 is 6.02. The maximum atomic E-state index is 13.5. The van der Waals surface area contributed by atoms with Crippen molar-refractivity contribution in [3.05, 3.63) is 83.4 Å². The lowest BCUT2D eigenvalue weighted by Gasteiger charge is -2.26. The minimum Gasteiger partial charge on any atom is -0.497 e. The van der Waals surface area contributed by atoms with Crippen molar-refractivity contribution in [1.29, 1.82) is 0 Å². The maximum absolute atomic E-state index is 13.5. The number of piperidine rings is 1. The molecule has 1 fully saturated rings. The van der Waals surface area contributed by atoms with Gasteiger partial charge in [-0.2, -0.15) is 0 Å². The molecule has 0 aliphatic carbocycles. The van der Waals surface area contributed by atoms with Crippen LogP contribution in [0.2, 0.25) is 5.02 Å². The summed E-state index contributed by atoms with van der Waals surface area (Å²) in [6.07, 6.45) is 3.88. The summed E-state index contributed by atoms with van der Waals surface area (Å²) in [4.78, 5) is 17.6. The average molecular weight is 465 g/mol. The first-order valence-corrected chi connectivity index (χ1v) is 11.7. The number of carbonyl (C=O) groups excluding carboxylic acids is 1. The minimum atomic E-state index is -0.143. The van der Waals surface area contributed by atoms with Crippen molar-refractivity contribution in [2.45, 2.75) is 19.3 Å². The summed E-state index contributed by atoms with van der Waals surface area (Å²) in [5.74, 6) is 1.38. The number of nitrogens with zero attached hydrogens (tertiary/aromatic N) is 2. The van der Waals surface area contributed by atoms with E-state index in [-0.39, 0.29) is 5.91 Å². The molecule has 0 radical (unpaired) electrons. The number of carbonyl (C=O) groups is 1. The molecule has 1 saturated heterocycles. The number of benzene rings is 3. The van der Waals surface area contributed by atoms with Gasteiger partial charge in [0.15, 0.2) is 0 Å². The zero-order valence-electron chi connectivity index (χ0n) is 18.9. The third kappa shape index (κ3) is 6.06. The van der Waals surface area contributed by atoms with Crippen molar-refractivity contribution in [1.82, 2.24) is 4.90 Å². The first kappa shape index (κ1) is 23.1. The van der Waals surface area contributed by atoms with Gasteiger partial charge in [-0.3, -0.25) is 14.6 Å². The highest BCUT2D eigenvalue weighted by atomic mass is 35.5. The van der Waals surface area contributed by atoms with Gasteiger partial charge in [0, 0.05) is 28.5 Å². The number of halogens is 1. The Hall–Kier alpha value is -3.02. The zero-order valence-corrected chi connectivity index (χ0v) is 19.6. The second-order valence-corrected chi connectivity index (χ2v) is 8.53. The van der Waals surface area contributed by atoms with E-state index >= 15 is 0 Å². The number of hydrogen-bond acceptors (Lipinski definition) is 4. The highest BCUT2D eigenvalue weighted by Crippen LogP contribution is 2.31. The minimum absolute atomic E-state index is 0.143. The van der Waals surface area contributed by atoms with Crippen LogP contribution in [0, 0.1) is 0 Å². The predicted molar refractivity (Wildman–Crippen MR) is 133 cm³/mol. The molecule has 0 N–H and O–H groups in total.